The Kier molecular flexibility index (Phi) is 4.70. The topological polar surface area (TPSA) is 47.3 Å². The quantitative estimate of drug-likeness (QED) is 0.502. The molecule has 0 aromatic rings. The van der Waals surface area contributed by atoms with E-state index in [4.69, 9.17) is 10.6 Å². The molecule has 0 aromatic heterocycles. The molecule has 1 rings (SSSR count). The Morgan fingerprint density at radius 2 is 2.38 bits per heavy atom. The first kappa shape index (κ1) is 11.0. The Morgan fingerprint density at radius 1 is 1.62 bits per heavy atom. The van der Waals surface area contributed by atoms with E-state index < -0.39 is 0 Å². The fourth-order valence-electron chi connectivity index (χ4n) is 1.87. The Hall–Kier alpha value is -0.120. The maximum absolute atomic E-state index is 5.55. The van der Waals surface area contributed by atoms with Crippen LogP contribution in [0.2, 0.25) is 0 Å². The molecule has 3 unspecified atom stereocenters. The smallest absolute Gasteiger partial charge is 0.0510 e. The van der Waals surface area contributed by atoms with Gasteiger partial charge in [0, 0.05) is 18.6 Å². The zero-order valence-corrected chi connectivity index (χ0v) is 8.75. The van der Waals surface area contributed by atoms with Crippen molar-refractivity contribution in [3.63, 3.8) is 0 Å². The standard InChI is InChI=1S/C10H22N2O/c1-3-8(2)6-10(12-11)9-4-5-13-7-9/h8-10,12H,3-7,11H2,1-2H3. The molecule has 0 saturated carbocycles. The lowest BCUT2D eigenvalue weighted by molar-refractivity contribution is 0.172. The number of ether oxygens (including phenoxy) is 1. The highest BCUT2D eigenvalue weighted by Gasteiger charge is 2.25. The van der Waals surface area contributed by atoms with Crippen molar-refractivity contribution in [2.45, 2.75) is 39.2 Å². The summed E-state index contributed by atoms with van der Waals surface area (Å²) < 4.78 is 5.36. The number of hydrogen-bond donors (Lipinski definition) is 2. The van der Waals surface area contributed by atoms with Crippen LogP contribution in [0.5, 0.6) is 0 Å². The van der Waals surface area contributed by atoms with Crippen molar-refractivity contribution < 1.29 is 4.74 Å². The minimum Gasteiger partial charge on any atom is -0.381 e. The summed E-state index contributed by atoms with van der Waals surface area (Å²) in [5.74, 6) is 6.93. The van der Waals surface area contributed by atoms with Gasteiger partial charge < -0.3 is 4.74 Å². The lowest BCUT2D eigenvalue weighted by atomic mass is 9.90. The summed E-state index contributed by atoms with van der Waals surface area (Å²) in [6.07, 6.45) is 3.55. The predicted octanol–water partition coefficient (Wildman–Crippen LogP) is 1.29. The van der Waals surface area contributed by atoms with Crippen LogP contribution in [0.3, 0.4) is 0 Å². The summed E-state index contributed by atoms with van der Waals surface area (Å²) >= 11 is 0. The number of hydrogen-bond acceptors (Lipinski definition) is 3. The van der Waals surface area contributed by atoms with Gasteiger partial charge in [0.05, 0.1) is 6.61 Å². The third kappa shape index (κ3) is 3.25. The molecule has 0 amide bonds. The van der Waals surface area contributed by atoms with Crippen LogP contribution < -0.4 is 11.3 Å². The molecule has 0 spiro atoms. The van der Waals surface area contributed by atoms with Crippen LogP contribution in [-0.4, -0.2) is 19.3 Å². The number of hydrazine groups is 1. The van der Waals surface area contributed by atoms with Crippen LogP contribution >= 0.6 is 0 Å². The lowest BCUT2D eigenvalue weighted by Gasteiger charge is -2.24. The van der Waals surface area contributed by atoms with E-state index in [1.54, 1.807) is 0 Å². The first-order valence-electron chi connectivity index (χ1n) is 5.31. The molecule has 0 bridgehead atoms. The molecule has 0 aromatic carbocycles. The second-order valence-electron chi connectivity index (χ2n) is 4.15. The third-order valence-corrected chi connectivity index (χ3v) is 3.10. The molecule has 3 atom stereocenters. The lowest BCUT2D eigenvalue weighted by Crippen LogP contribution is -2.42. The fourth-order valence-corrected chi connectivity index (χ4v) is 1.87. The SMILES string of the molecule is CCC(C)CC(NN)C1CCOC1. The van der Waals surface area contributed by atoms with E-state index in [1.165, 1.54) is 12.8 Å². The highest BCUT2D eigenvalue weighted by molar-refractivity contribution is 4.78. The largest absolute Gasteiger partial charge is 0.381 e. The highest BCUT2D eigenvalue weighted by Crippen LogP contribution is 2.22. The summed E-state index contributed by atoms with van der Waals surface area (Å²) in [6.45, 7) is 6.29. The van der Waals surface area contributed by atoms with Crippen LogP contribution in [0.4, 0.5) is 0 Å². The monoisotopic (exact) mass is 186 g/mol. The van der Waals surface area contributed by atoms with Gasteiger partial charge in [-0.15, -0.1) is 0 Å². The molecule has 1 aliphatic heterocycles. The van der Waals surface area contributed by atoms with Gasteiger partial charge in [-0.3, -0.25) is 11.3 Å². The van der Waals surface area contributed by atoms with Gasteiger partial charge >= 0.3 is 0 Å². The van der Waals surface area contributed by atoms with Crippen LogP contribution in [0.1, 0.15) is 33.1 Å². The Bertz CT molecular complexity index is 135. The van der Waals surface area contributed by atoms with Crippen LogP contribution in [0, 0.1) is 11.8 Å². The molecule has 0 radical (unpaired) electrons. The molecule has 1 heterocycles. The predicted molar refractivity (Wildman–Crippen MR) is 54.1 cm³/mol. The number of rotatable bonds is 5. The van der Waals surface area contributed by atoms with Gasteiger partial charge in [-0.1, -0.05) is 20.3 Å². The molecule has 13 heavy (non-hydrogen) atoms. The highest BCUT2D eigenvalue weighted by atomic mass is 16.5. The molecule has 1 saturated heterocycles. The Morgan fingerprint density at radius 3 is 2.85 bits per heavy atom. The summed E-state index contributed by atoms with van der Waals surface area (Å²) in [5, 5.41) is 0. The van der Waals surface area contributed by atoms with Crippen molar-refractivity contribution in [1.29, 1.82) is 0 Å². The molecule has 0 aliphatic carbocycles. The molecule has 3 heteroatoms. The van der Waals surface area contributed by atoms with Gasteiger partial charge in [-0.25, -0.2) is 0 Å². The minimum atomic E-state index is 0.442. The number of nitrogens with one attached hydrogen (secondary N) is 1. The number of nitrogens with two attached hydrogens (primary N) is 1. The van der Waals surface area contributed by atoms with E-state index >= 15 is 0 Å². The minimum absolute atomic E-state index is 0.442. The first-order chi connectivity index (χ1) is 6.27. The van der Waals surface area contributed by atoms with Gasteiger partial charge in [-0.05, 0) is 18.8 Å². The van der Waals surface area contributed by atoms with E-state index in [9.17, 15) is 0 Å². The molecule has 78 valence electrons. The van der Waals surface area contributed by atoms with Gasteiger partial charge in [0.25, 0.3) is 0 Å². The summed E-state index contributed by atoms with van der Waals surface area (Å²) in [7, 11) is 0. The van der Waals surface area contributed by atoms with E-state index in [0.717, 1.165) is 25.6 Å². The van der Waals surface area contributed by atoms with Crippen molar-refractivity contribution >= 4 is 0 Å². The maximum Gasteiger partial charge on any atom is 0.0510 e. The van der Waals surface area contributed by atoms with Gasteiger partial charge in [0.2, 0.25) is 0 Å². The van der Waals surface area contributed by atoms with Crippen molar-refractivity contribution in [3.8, 4) is 0 Å². The van der Waals surface area contributed by atoms with E-state index in [2.05, 4.69) is 19.3 Å². The molecule has 1 fully saturated rings. The van der Waals surface area contributed by atoms with E-state index in [-0.39, 0.29) is 0 Å². The van der Waals surface area contributed by atoms with Gasteiger partial charge in [-0.2, -0.15) is 0 Å². The van der Waals surface area contributed by atoms with Gasteiger partial charge in [0.1, 0.15) is 0 Å². The molecule has 3 N–H and O–H groups in total. The maximum atomic E-state index is 5.55. The average Bonchev–Trinajstić information content (AvgIpc) is 2.66. The second kappa shape index (κ2) is 5.58. The molecule has 3 nitrogen and oxygen atoms in total. The third-order valence-electron chi connectivity index (χ3n) is 3.10. The first-order valence-corrected chi connectivity index (χ1v) is 5.31. The average molecular weight is 186 g/mol. The summed E-state index contributed by atoms with van der Waals surface area (Å²) in [5.41, 5.74) is 2.93. The Balaban J connectivity index is 2.32. The van der Waals surface area contributed by atoms with Crippen molar-refractivity contribution in [2.75, 3.05) is 13.2 Å². The van der Waals surface area contributed by atoms with Crippen LogP contribution in [0.15, 0.2) is 0 Å². The van der Waals surface area contributed by atoms with Gasteiger partial charge in [0.15, 0.2) is 0 Å². The van der Waals surface area contributed by atoms with Crippen molar-refractivity contribution in [1.82, 2.24) is 5.43 Å². The summed E-state index contributed by atoms with van der Waals surface area (Å²) in [4.78, 5) is 0. The van der Waals surface area contributed by atoms with Crippen LogP contribution in [0.25, 0.3) is 0 Å². The fraction of sp³-hybridized carbons (Fsp3) is 1.00. The van der Waals surface area contributed by atoms with Crippen molar-refractivity contribution in [2.24, 2.45) is 17.7 Å². The normalized spacial score (nSPS) is 27.5. The Labute approximate surface area is 81.0 Å². The van der Waals surface area contributed by atoms with Crippen molar-refractivity contribution in [3.05, 3.63) is 0 Å². The van der Waals surface area contributed by atoms with Crippen LogP contribution in [-0.2, 0) is 4.74 Å². The second-order valence-corrected chi connectivity index (χ2v) is 4.15. The zero-order chi connectivity index (χ0) is 9.68. The summed E-state index contributed by atoms with van der Waals surface area (Å²) in [6, 6.07) is 0.442. The molecular weight excluding hydrogens is 164 g/mol. The molecular formula is C10H22N2O. The zero-order valence-electron chi connectivity index (χ0n) is 8.75. The van der Waals surface area contributed by atoms with E-state index in [1.807, 2.05) is 0 Å². The molecule has 1 aliphatic rings. The van der Waals surface area contributed by atoms with E-state index in [0.29, 0.717) is 12.0 Å².